The molecule has 1 unspecified atom stereocenters. The van der Waals surface area contributed by atoms with E-state index in [2.05, 4.69) is 4.99 Å². The van der Waals surface area contributed by atoms with Gasteiger partial charge in [0.15, 0.2) is 11.5 Å². The highest BCUT2D eigenvalue weighted by atomic mass is 16.6. The van der Waals surface area contributed by atoms with Gasteiger partial charge in [-0.3, -0.25) is 9.79 Å². The van der Waals surface area contributed by atoms with Crippen LogP contribution < -0.4 is 9.47 Å². The molecular weight excluding hydrogens is 442 g/mol. The van der Waals surface area contributed by atoms with E-state index in [-0.39, 0.29) is 24.3 Å². The molecule has 0 amide bonds. The normalized spacial score (nSPS) is 11.7. The monoisotopic (exact) mass is 473 g/mol. The van der Waals surface area contributed by atoms with E-state index in [4.69, 9.17) is 14.2 Å². The molecule has 3 aromatic rings. The summed E-state index contributed by atoms with van der Waals surface area (Å²) in [6, 6.07) is 22.0. The number of benzene rings is 3. The highest BCUT2D eigenvalue weighted by molar-refractivity contribution is 5.90. The molecule has 0 radical (unpaired) electrons. The summed E-state index contributed by atoms with van der Waals surface area (Å²) in [7, 11) is 1.53. The molecule has 3 aromatic carbocycles. The van der Waals surface area contributed by atoms with E-state index in [1.54, 1.807) is 48.7 Å². The number of aliphatic imine (C=N–C) groups is 1. The van der Waals surface area contributed by atoms with E-state index in [1.165, 1.54) is 7.11 Å². The molecule has 182 valence electrons. The SMILES string of the molecule is CCCCOC(=O)c1ccc(N=Cc2ccc(OC(=O)CC(C)c3ccccc3)c(OC)c2)cc1. The van der Waals surface area contributed by atoms with Crippen LogP contribution in [0.5, 0.6) is 11.5 Å². The van der Waals surface area contributed by atoms with E-state index in [0.29, 0.717) is 29.4 Å². The first-order chi connectivity index (χ1) is 17.0. The number of unbranched alkanes of at least 4 members (excludes halogenated alkanes) is 1. The molecular formula is C29H31NO5. The molecule has 6 nitrogen and oxygen atoms in total. The fourth-order valence-electron chi connectivity index (χ4n) is 3.39. The summed E-state index contributed by atoms with van der Waals surface area (Å²) in [5, 5.41) is 0. The number of ether oxygens (including phenoxy) is 3. The van der Waals surface area contributed by atoms with Crippen molar-refractivity contribution in [1.82, 2.24) is 0 Å². The molecule has 0 aliphatic rings. The van der Waals surface area contributed by atoms with Crippen molar-refractivity contribution in [2.75, 3.05) is 13.7 Å². The van der Waals surface area contributed by atoms with E-state index in [0.717, 1.165) is 24.0 Å². The van der Waals surface area contributed by atoms with Crippen LogP contribution in [0.25, 0.3) is 0 Å². The summed E-state index contributed by atoms with van der Waals surface area (Å²) in [5.74, 6) is 0.197. The Morgan fingerprint density at radius 3 is 2.40 bits per heavy atom. The fraction of sp³-hybridized carbons (Fsp3) is 0.276. The molecule has 0 N–H and O–H groups in total. The van der Waals surface area contributed by atoms with Crippen molar-refractivity contribution in [1.29, 1.82) is 0 Å². The van der Waals surface area contributed by atoms with Crippen molar-refractivity contribution in [2.24, 2.45) is 4.99 Å². The first-order valence-corrected chi connectivity index (χ1v) is 11.7. The minimum Gasteiger partial charge on any atom is -0.493 e. The minimum absolute atomic E-state index is 0.0469. The Morgan fingerprint density at radius 1 is 0.971 bits per heavy atom. The van der Waals surface area contributed by atoms with Gasteiger partial charge >= 0.3 is 11.9 Å². The van der Waals surface area contributed by atoms with Crippen LogP contribution in [0.15, 0.2) is 77.8 Å². The van der Waals surface area contributed by atoms with E-state index < -0.39 is 0 Å². The van der Waals surface area contributed by atoms with Crippen molar-refractivity contribution in [3.8, 4) is 11.5 Å². The number of hydrogen-bond acceptors (Lipinski definition) is 6. The molecule has 1 atom stereocenters. The number of nitrogens with zero attached hydrogens (tertiary/aromatic N) is 1. The third-order valence-corrected chi connectivity index (χ3v) is 5.45. The maximum Gasteiger partial charge on any atom is 0.338 e. The number of methoxy groups -OCH3 is 1. The zero-order chi connectivity index (χ0) is 25.0. The molecule has 0 aliphatic heterocycles. The highest BCUT2D eigenvalue weighted by Crippen LogP contribution is 2.29. The second-order valence-corrected chi connectivity index (χ2v) is 8.19. The second kappa shape index (κ2) is 13.1. The van der Waals surface area contributed by atoms with Gasteiger partial charge < -0.3 is 14.2 Å². The van der Waals surface area contributed by atoms with E-state index in [1.807, 2.05) is 44.2 Å². The van der Waals surface area contributed by atoms with Crippen LogP contribution in [0.2, 0.25) is 0 Å². The Kier molecular flexibility index (Phi) is 9.60. The minimum atomic E-state index is -0.331. The summed E-state index contributed by atoms with van der Waals surface area (Å²) >= 11 is 0. The molecule has 35 heavy (non-hydrogen) atoms. The first-order valence-electron chi connectivity index (χ1n) is 11.7. The highest BCUT2D eigenvalue weighted by Gasteiger charge is 2.15. The Labute approximate surface area is 206 Å². The Balaban J connectivity index is 1.60. The number of rotatable bonds is 11. The number of hydrogen-bond donors (Lipinski definition) is 0. The summed E-state index contributed by atoms with van der Waals surface area (Å²) in [5.41, 5.74) is 3.06. The summed E-state index contributed by atoms with van der Waals surface area (Å²) in [4.78, 5) is 28.9. The van der Waals surface area contributed by atoms with E-state index >= 15 is 0 Å². The molecule has 0 heterocycles. The lowest BCUT2D eigenvalue weighted by Crippen LogP contribution is -2.12. The topological polar surface area (TPSA) is 74.2 Å². The lowest BCUT2D eigenvalue weighted by Gasteiger charge is -2.13. The smallest absolute Gasteiger partial charge is 0.338 e. The Bertz CT molecular complexity index is 1140. The number of carbonyl (C=O) groups is 2. The van der Waals surface area contributed by atoms with Crippen LogP contribution in [0.3, 0.4) is 0 Å². The van der Waals surface area contributed by atoms with Crippen LogP contribution >= 0.6 is 0 Å². The Morgan fingerprint density at radius 2 is 1.71 bits per heavy atom. The van der Waals surface area contributed by atoms with Gasteiger partial charge in [0.2, 0.25) is 0 Å². The maximum absolute atomic E-state index is 12.5. The first kappa shape index (κ1) is 25.7. The van der Waals surface area contributed by atoms with E-state index in [9.17, 15) is 9.59 Å². The van der Waals surface area contributed by atoms with Gasteiger partial charge in [0.25, 0.3) is 0 Å². The van der Waals surface area contributed by atoms with Crippen LogP contribution in [0.1, 0.15) is 60.5 Å². The number of carbonyl (C=O) groups excluding carboxylic acids is 2. The summed E-state index contributed by atoms with van der Waals surface area (Å²) in [6.07, 6.45) is 3.77. The second-order valence-electron chi connectivity index (χ2n) is 8.19. The van der Waals surface area contributed by atoms with Gasteiger partial charge in [-0.1, -0.05) is 50.6 Å². The van der Waals surface area contributed by atoms with Gasteiger partial charge in [-0.2, -0.15) is 0 Å². The molecule has 0 bridgehead atoms. The van der Waals surface area contributed by atoms with Crippen LogP contribution in [0, 0.1) is 0 Å². The van der Waals surface area contributed by atoms with Crippen molar-refractivity contribution in [2.45, 2.75) is 39.0 Å². The third kappa shape index (κ3) is 7.81. The van der Waals surface area contributed by atoms with Gasteiger partial charge in [0.1, 0.15) is 0 Å². The van der Waals surface area contributed by atoms with Gasteiger partial charge in [0.05, 0.1) is 31.4 Å². The van der Waals surface area contributed by atoms with Gasteiger partial charge in [-0.15, -0.1) is 0 Å². The molecule has 0 aromatic heterocycles. The molecule has 0 saturated carbocycles. The van der Waals surface area contributed by atoms with Gasteiger partial charge in [0, 0.05) is 6.21 Å². The van der Waals surface area contributed by atoms with Crippen molar-refractivity contribution in [3.63, 3.8) is 0 Å². The zero-order valence-electron chi connectivity index (χ0n) is 20.4. The predicted molar refractivity (Wildman–Crippen MR) is 137 cm³/mol. The largest absolute Gasteiger partial charge is 0.493 e. The third-order valence-electron chi connectivity index (χ3n) is 5.45. The maximum atomic E-state index is 12.5. The standard InChI is InChI=1S/C29H31NO5/c1-4-5-17-34-29(32)24-12-14-25(15-13-24)30-20-22-11-16-26(27(19-22)33-3)35-28(31)18-21(2)23-9-7-6-8-10-23/h6-16,19-21H,4-5,17-18H2,1-3H3. The molecule has 0 saturated heterocycles. The van der Waals surface area contributed by atoms with Crippen molar-refractivity contribution >= 4 is 23.8 Å². The van der Waals surface area contributed by atoms with Crippen molar-refractivity contribution in [3.05, 3.63) is 89.5 Å². The van der Waals surface area contributed by atoms with Crippen LogP contribution in [-0.4, -0.2) is 31.9 Å². The molecule has 0 fully saturated rings. The van der Waals surface area contributed by atoms with Crippen molar-refractivity contribution < 1.29 is 23.8 Å². The zero-order valence-corrected chi connectivity index (χ0v) is 20.4. The quantitative estimate of drug-likeness (QED) is 0.137. The molecule has 6 heteroatoms. The van der Waals surface area contributed by atoms with Gasteiger partial charge in [-0.05, 0) is 65.9 Å². The average molecular weight is 474 g/mol. The van der Waals surface area contributed by atoms with Crippen LogP contribution in [-0.2, 0) is 9.53 Å². The molecule has 3 rings (SSSR count). The Hall–Kier alpha value is -3.93. The predicted octanol–water partition coefficient (Wildman–Crippen LogP) is 6.50. The fourth-order valence-corrected chi connectivity index (χ4v) is 3.39. The summed E-state index contributed by atoms with van der Waals surface area (Å²) in [6.45, 7) is 4.47. The average Bonchev–Trinajstić information content (AvgIpc) is 2.88. The van der Waals surface area contributed by atoms with Crippen LogP contribution in [0.4, 0.5) is 5.69 Å². The number of esters is 2. The lowest BCUT2D eigenvalue weighted by atomic mass is 9.98. The molecule has 0 aliphatic carbocycles. The lowest BCUT2D eigenvalue weighted by molar-refractivity contribution is -0.134. The summed E-state index contributed by atoms with van der Waals surface area (Å²) < 4.78 is 16.2. The molecule has 0 spiro atoms. The van der Waals surface area contributed by atoms with Gasteiger partial charge in [-0.25, -0.2) is 4.79 Å².